The number of aliphatic carboxylic acids is 1. The lowest BCUT2D eigenvalue weighted by Gasteiger charge is -2.06. The number of carboxylic acids is 1. The van der Waals surface area contributed by atoms with Gasteiger partial charge in [-0.15, -0.1) is 0 Å². The molecule has 1 aromatic rings. The minimum atomic E-state index is -2.13. The maximum Gasteiger partial charge on any atom is 0.340 e. The van der Waals surface area contributed by atoms with Crippen LogP contribution in [0, 0.1) is 0 Å². The largest absolute Gasteiger partial charge is 0.479 e. The van der Waals surface area contributed by atoms with Crippen molar-refractivity contribution in [3.63, 3.8) is 0 Å². The smallest absolute Gasteiger partial charge is 0.340 e. The van der Waals surface area contributed by atoms with Gasteiger partial charge in [0.15, 0.2) is 6.29 Å². The standard InChI is InChI=1S/C10H8O5/c11-5-6-3-1-2-4-7(6)8(12)9(13)10(14)15/h1-5,9,13H,(H,14,15). The summed E-state index contributed by atoms with van der Waals surface area (Å²) >= 11 is 0. The molecule has 0 fully saturated rings. The van der Waals surface area contributed by atoms with Crippen LogP contribution in [0.4, 0.5) is 0 Å². The summed E-state index contributed by atoms with van der Waals surface area (Å²) in [6, 6.07) is 5.68. The van der Waals surface area contributed by atoms with E-state index in [9.17, 15) is 14.4 Å². The highest BCUT2D eigenvalue weighted by Crippen LogP contribution is 2.09. The predicted molar refractivity (Wildman–Crippen MR) is 49.8 cm³/mol. The molecule has 0 heterocycles. The third kappa shape index (κ3) is 2.26. The van der Waals surface area contributed by atoms with Gasteiger partial charge in [0, 0.05) is 11.1 Å². The topological polar surface area (TPSA) is 91.7 Å². The molecular weight excluding hydrogens is 200 g/mol. The summed E-state index contributed by atoms with van der Waals surface area (Å²) in [4.78, 5) is 32.3. The molecule has 0 aliphatic heterocycles. The van der Waals surface area contributed by atoms with Gasteiger partial charge in [0.05, 0.1) is 0 Å². The zero-order chi connectivity index (χ0) is 11.4. The molecule has 1 rings (SSSR count). The highest BCUT2D eigenvalue weighted by molar-refractivity contribution is 6.13. The Labute approximate surface area is 85.0 Å². The predicted octanol–water partition coefficient (Wildman–Crippen LogP) is 0.127. The van der Waals surface area contributed by atoms with Crippen LogP contribution in [-0.2, 0) is 4.79 Å². The van der Waals surface area contributed by atoms with E-state index in [4.69, 9.17) is 10.2 Å². The van der Waals surface area contributed by atoms with Gasteiger partial charge >= 0.3 is 5.97 Å². The Morgan fingerprint density at radius 3 is 2.40 bits per heavy atom. The van der Waals surface area contributed by atoms with Gasteiger partial charge in [-0.1, -0.05) is 24.3 Å². The van der Waals surface area contributed by atoms with Crippen LogP contribution in [0.1, 0.15) is 20.7 Å². The number of Topliss-reactive ketones (excluding diaryl/α,β-unsaturated/α-hetero) is 1. The first-order valence-corrected chi connectivity index (χ1v) is 4.07. The van der Waals surface area contributed by atoms with Crippen LogP contribution < -0.4 is 0 Å². The normalized spacial score (nSPS) is 11.8. The summed E-state index contributed by atoms with van der Waals surface area (Å²) in [6.07, 6.45) is -1.70. The molecule has 0 saturated heterocycles. The summed E-state index contributed by atoms with van der Waals surface area (Å²) in [5, 5.41) is 17.4. The van der Waals surface area contributed by atoms with E-state index in [1.807, 2.05) is 0 Å². The first-order chi connectivity index (χ1) is 7.07. The summed E-state index contributed by atoms with van der Waals surface area (Å²) in [7, 11) is 0. The van der Waals surface area contributed by atoms with Gasteiger partial charge in [0.2, 0.25) is 11.9 Å². The molecule has 0 amide bonds. The number of carbonyl (C=O) groups is 3. The monoisotopic (exact) mass is 208 g/mol. The maximum atomic E-state index is 11.4. The highest BCUT2D eigenvalue weighted by atomic mass is 16.4. The molecule has 0 saturated carbocycles. The lowest BCUT2D eigenvalue weighted by molar-refractivity contribution is -0.143. The molecule has 5 nitrogen and oxygen atoms in total. The van der Waals surface area contributed by atoms with Crippen molar-refractivity contribution in [2.24, 2.45) is 0 Å². The van der Waals surface area contributed by atoms with Crippen LogP contribution in [0.3, 0.4) is 0 Å². The molecule has 0 spiro atoms. The van der Waals surface area contributed by atoms with E-state index in [-0.39, 0.29) is 11.1 Å². The van der Waals surface area contributed by atoms with E-state index in [1.165, 1.54) is 24.3 Å². The second kappa shape index (κ2) is 4.47. The molecule has 0 radical (unpaired) electrons. The molecule has 5 heteroatoms. The lowest BCUT2D eigenvalue weighted by Crippen LogP contribution is -2.30. The second-order valence-corrected chi connectivity index (χ2v) is 2.81. The van der Waals surface area contributed by atoms with Crippen LogP contribution in [0.5, 0.6) is 0 Å². The third-order valence-corrected chi connectivity index (χ3v) is 1.84. The third-order valence-electron chi connectivity index (χ3n) is 1.84. The number of carbonyl (C=O) groups excluding carboxylic acids is 2. The number of benzene rings is 1. The number of aliphatic hydroxyl groups excluding tert-OH is 1. The van der Waals surface area contributed by atoms with Gasteiger partial charge in [0.25, 0.3) is 0 Å². The van der Waals surface area contributed by atoms with Crippen molar-refractivity contribution in [2.75, 3.05) is 0 Å². The van der Waals surface area contributed by atoms with Crippen LogP contribution in [-0.4, -0.2) is 34.4 Å². The van der Waals surface area contributed by atoms with E-state index in [0.29, 0.717) is 6.29 Å². The first kappa shape index (κ1) is 11.1. The number of aliphatic hydroxyl groups is 1. The van der Waals surface area contributed by atoms with E-state index in [1.54, 1.807) is 0 Å². The Hall–Kier alpha value is -2.01. The Balaban J connectivity index is 3.11. The number of carboxylic acid groups (broad SMARTS) is 1. The average molecular weight is 208 g/mol. The molecule has 0 bridgehead atoms. The van der Waals surface area contributed by atoms with Crippen LogP contribution >= 0.6 is 0 Å². The fourth-order valence-corrected chi connectivity index (χ4v) is 1.08. The SMILES string of the molecule is O=Cc1ccccc1C(=O)C(O)C(=O)O. The number of ketones is 1. The Bertz CT molecular complexity index is 410. The number of hydrogen-bond donors (Lipinski definition) is 2. The summed E-state index contributed by atoms with van der Waals surface area (Å²) in [6.45, 7) is 0. The van der Waals surface area contributed by atoms with E-state index >= 15 is 0 Å². The highest BCUT2D eigenvalue weighted by Gasteiger charge is 2.25. The van der Waals surface area contributed by atoms with E-state index in [0.717, 1.165) is 0 Å². The van der Waals surface area contributed by atoms with Gasteiger partial charge in [-0.3, -0.25) is 9.59 Å². The van der Waals surface area contributed by atoms with Crippen LogP contribution in [0.25, 0.3) is 0 Å². The number of hydrogen-bond acceptors (Lipinski definition) is 4. The van der Waals surface area contributed by atoms with Crippen LogP contribution in [0.2, 0.25) is 0 Å². The second-order valence-electron chi connectivity index (χ2n) is 2.81. The number of rotatable bonds is 4. The molecule has 78 valence electrons. The van der Waals surface area contributed by atoms with E-state index < -0.39 is 17.9 Å². The molecular formula is C10H8O5. The van der Waals surface area contributed by atoms with Gasteiger partial charge in [-0.2, -0.15) is 0 Å². The molecule has 0 aromatic heterocycles. The van der Waals surface area contributed by atoms with Crippen molar-refractivity contribution in [3.8, 4) is 0 Å². The Kier molecular flexibility index (Phi) is 3.30. The van der Waals surface area contributed by atoms with E-state index in [2.05, 4.69) is 0 Å². The Morgan fingerprint density at radius 2 is 1.87 bits per heavy atom. The quantitative estimate of drug-likeness (QED) is 0.416. The molecule has 1 aromatic carbocycles. The van der Waals surface area contributed by atoms with Gasteiger partial charge in [-0.25, -0.2) is 4.79 Å². The molecule has 2 N–H and O–H groups in total. The van der Waals surface area contributed by atoms with Crippen LogP contribution in [0.15, 0.2) is 24.3 Å². The summed E-state index contributed by atoms with van der Waals surface area (Å²) in [5.74, 6) is -2.63. The van der Waals surface area contributed by atoms with Crippen molar-refractivity contribution in [2.45, 2.75) is 6.10 Å². The van der Waals surface area contributed by atoms with Gasteiger partial charge < -0.3 is 10.2 Å². The fraction of sp³-hybridized carbons (Fsp3) is 0.100. The first-order valence-electron chi connectivity index (χ1n) is 4.07. The maximum absolute atomic E-state index is 11.4. The molecule has 0 aliphatic carbocycles. The zero-order valence-corrected chi connectivity index (χ0v) is 7.58. The summed E-state index contributed by atoms with van der Waals surface area (Å²) in [5.41, 5.74) is -0.0369. The van der Waals surface area contributed by atoms with Crippen molar-refractivity contribution < 1.29 is 24.6 Å². The zero-order valence-electron chi connectivity index (χ0n) is 7.58. The van der Waals surface area contributed by atoms with Crippen molar-refractivity contribution in [1.29, 1.82) is 0 Å². The van der Waals surface area contributed by atoms with Crippen molar-refractivity contribution >= 4 is 18.0 Å². The molecule has 1 atom stereocenters. The minimum absolute atomic E-state index is 0.0581. The molecule has 0 aliphatic rings. The fourth-order valence-electron chi connectivity index (χ4n) is 1.08. The lowest BCUT2D eigenvalue weighted by atomic mass is 10.0. The number of aldehydes is 1. The minimum Gasteiger partial charge on any atom is -0.479 e. The average Bonchev–Trinajstić information content (AvgIpc) is 2.26. The van der Waals surface area contributed by atoms with Crippen molar-refractivity contribution in [3.05, 3.63) is 35.4 Å². The van der Waals surface area contributed by atoms with Crippen molar-refractivity contribution in [1.82, 2.24) is 0 Å². The van der Waals surface area contributed by atoms with Gasteiger partial charge in [0.1, 0.15) is 0 Å². The molecule has 15 heavy (non-hydrogen) atoms. The summed E-state index contributed by atoms with van der Waals surface area (Å²) < 4.78 is 0. The van der Waals surface area contributed by atoms with Gasteiger partial charge in [-0.05, 0) is 0 Å². The Morgan fingerprint density at radius 1 is 1.27 bits per heavy atom. The molecule has 1 unspecified atom stereocenters.